The average Bonchev–Trinajstić information content (AvgIpc) is 3.01. The number of carbonyl (C=O) groups is 2. The highest BCUT2D eigenvalue weighted by Gasteiger charge is 2.35. The molecule has 1 aromatic carbocycles. The van der Waals surface area contributed by atoms with Crippen LogP contribution in [0.4, 0.5) is 4.79 Å². The van der Waals surface area contributed by atoms with Gasteiger partial charge in [0, 0.05) is 25.1 Å². The maximum atomic E-state index is 11.9. The molecule has 0 spiro atoms. The van der Waals surface area contributed by atoms with Crippen molar-refractivity contribution in [3.05, 3.63) is 35.0 Å². The highest BCUT2D eigenvalue weighted by Crippen LogP contribution is 2.26. The molecule has 0 radical (unpaired) electrons. The summed E-state index contributed by atoms with van der Waals surface area (Å²) in [5.41, 5.74) is 1.82. The van der Waals surface area contributed by atoms with E-state index in [1.54, 1.807) is 6.07 Å². The number of halogens is 1. The number of aromatic nitrogens is 1. The molecule has 3 rings (SSSR count). The van der Waals surface area contributed by atoms with Crippen molar-refractivity contribution in [3.8, 4) is 0 Å². The zero-order chi connectivity index (χ0) is 15.6. The van der Waals surface area contributed by atoms with Crippen LogP contribution in [0.5, 0.6) is 0 Å². The Kier molecular flexibility index (Phi) is 4.53. The molecule has 0 saturated carbocycles. The Labute approximate surface area is 128 Å². The summed E-state index contributed by atoms with van der Waals surface area (Å²) in [4.78, 5) is 27.5. The first-order chi connectivity index (χ1) is 10.1. The van der Waals surface area contributed by atoms with Gasteiger partial charge in [0.1, 0.15) is 6.04 Å². The minimum Gasteiger partial charge on any atom is -0.360 e. The molecular formula is C15H18ClN3O2. The molecule has 2 heterocycles. The predicted molar refractivity (Wildman–Crippen MR) is 83.5 cm³/mol. The van der Waals surface area contributed by atoms with Crippen molar-refractivity contribution in [2.45, 2.75) is 26.3 Å². The van der Waals surface area contributed by atoms with Gasteiger partial charge in [-0.25, -0.2) is 4.79 Å². The molecule has 1 saturated heterocycles. The zero-order valence-corrected chi connectivity index (χ0v) is 13.0. The van der Waals surface area contributed by atoms with Crippen molar-refractivity contribution >= 4 is 34.4 Å². The van der Waals surface area contributed by atoms with Crippen molar-refractivity contribution < 1.29 is 9.59 Å². The Hall–Kier alpha value is -2.01. The minimum absolute atomic E-state index is 0.207. The molecule has 0 unspecified atom stereocenters. The van der Waals surface area contributed by atoms with E-state index in [4.69, 9.17) is 11.6 Å². The third-order valence-corrected chi connectivity index (χ3v) is 3.72. The molecule has 5 nitrogen and oxygen atoms in total. The van der Waals surface area contributed by atoms with Gasteiger partial charge >= 0.3 is 6.03 Å². The fourth-order valence-corrected chi connectivity index (χ4v) is 2.57. The van der Waals surface area contributed by atoms with Crippen molar-refractivity contribution in [1.29, 1.82) is 0 Å². The van der Waals surface area contributed by atoms with Crippen molar-refractivity contribution in [2.75, 3.05) is 7.05 Å². The fraction of sp³-hybridized carbons (Fsp3) is 0.333. The van der Waals surface area contributed by atoms with Gasteiger partial charge in [-0.2, -0.15) is 0 Å². The summed E-state index contributed by atoms with van der Waals surface area (Å²) < 4.78 is 0. The standard InChI is InChI=1S/C13H12ClN3O2.C2H6/c1-17-12(18)10(16-13(17)19)5-7-6-15-11-8(7)3-2-4-9(11)14;1-2/h2-4,6,10,15H,5H2,1H3,(H,16,19);1-2H3/t10-;/m1./s1. The van der Waals surface area contributed by atoms with Gasteiger partial charge in [-0.15, -0.1) is 0 Å². The lowest BCUT2D eigenvalue weighted by molar-refractivity contribution is -0.126. The lowest BCUT2D eigenvalue weighted by Gasteiger charge is -2.07. The van der Waals surface area contributed by atoms with E-state index in [9.17, 15) is 9.59 Å². The topological polar surface area (TPSA) is 65.2 Å². The summed E-state index contributed by atoms with van der Waals surface area (Å²) in [6, 6.07) is 4.75. The van der Waals surface area contributed by atoms with Crippen LogP contribution in [-0.2, 0) is 11.2 Å². The molecule has 3 amide bonds. The van der Waals surface area contributed by atoms with Gasteiger partial charge in [0.2, 0.25) is 0 Å². The summed E-state index contributed by atoms with van der Waals surface area (Å²) >= 11 is 6.09. The maximum Gasteiger partial charge on any atom is 0.324 e. The first-order valence-electron chi connectivity index (χ1n) is 6.90. The van der Waals surface area contributed by atoms with Crippen LogP contribution < -0.4 is 5.32 Å². The third-order valence-electron chi connectivity index (χ3n) is 3.41. The van der Waals surface area contributed by atoms with Crippen LogP contribution in [0.2, 0.25) is 5.02 Å². The number of urea groups is 1. The Balaban J connectivity index is 0.000000774. The Morgan fingerprint density at radius 1 is 1.29 bits per heavy atom. The monoisotopic (exact) mass is 307 g/mol. The number of carbonyl (C=O) groups excluding carboxylic acids is 2. The number of para-hydroxylation sites is 1. The van der Waals surface area contributed by atoms with E-state index in [1.807, 2.05) is 32.2 Å². The van der Waals surface area contributed by atoms with Crippen LogP contribution in [0, 0.1) is 0 Å². The number of benzene rings is 1. The Morgan fingerprint density at radius 3 is 2.62 bits per heavy atom. The zero-order valence-electron chi connectivity index (χ0n) is 12.2. The number of fused-ring (bicyclic) bond motifs is 1. The van der Waals surface area contributed by atoms with Gasteiger partial charge in [-0.3, -0.25) is 9.69 Å². The van der Waals surface area contributed by atoms with E-state index in [0.29, 0.717) is 11.4 Å². The number of hydrogen-bond acceptors (Lipinski definition) is 2. The normalized spacial score (nSPS) is 17.7. The molecule has 2 aromatic rings. The lowest BCUT2D eigenvalue weighted by atomic mass is 10.1. The molecule has 0 aliphatic carbocycles. The molecule has 1 aliphatic rings. The largest absolute Gasteiger partial charge is 0.360 e. The number of hydrogen-bond donors (Lipinski definition) is 2. The van der Waals surface area contributed by atoms with Crippen LogP contribution in [-0.4, -0.2) is 34.9 Å². The fourth-order valence-electron chi connectivity index (χ4n) is 2.34. The molecule has 0 bridgehead atoms. The molecule has 2 N–H and O–H groups in total. The molecular weight excluding hydrogens is 290 g/mol. The molecule has 6 heteroatoms. The predicted octanol–water partition coefficient (Wildman–Crippen LogP) is 2.94. The van der Waals surface area contributed by atoms with Crippen LogP contribution in [0.25, 0.3) is 10.9 Å². The van der Waals surface area contributed by atoms with E-state index in [1.165, 1.54) is 7.05 Å². The SMILES string of the molecule is CC.CN1C(=O)N[C@H](Cc2c[nH]c3c(Cl)cccc23)C1=O. The van der Waals surface area contributed by atoms with Crippen molar-refractivity contribution in [1.82, 2.24) is 15.2 Å². The number of likely N-dealkylation sites (N-methyl/N-ethyl adjacent to an activating group) is 1. The second-order valence-corrected chi connectivity index (χ2v) is 4.99. The first-order valence-corrected chi connectivity index (χ1v) is 7.28. The quantitative estimate of drug-likeness (QED) is 0.838. The molecule has 1 aromatic heterocycles. The minimum atomic E-state index is -0.504. The van der Waals surface area contributed by atoms with E-state index in [2.05, 4.69) is 10.3 Å². The summed E-state index contributed by atoms with van der Waals surface area (Å²) in [6.45, 7) is 4.00. The van der Waals surface area contributed by atoms with Crippen LogP contribution in [0.3, 0.4) is 0 Å². The molecule has 1 atom stereocenters. The second-order valence-electron chi connectivity index (χ2n) is 4.58. The van der Waals surface area contributed by atoms with E-state index in [0.717, 1.165) is 21.4 Å². The van der Waals surface area contributed by atoms with Crippen LogP contribution in [0.15, 0.2) is 24.4 Å². The molecule has 1 aliphatic heterocycles. The number of amides is 3. The average molecular weight is 308 g/mol. The van der Waals surface area contributed by atoms with Crippen molar-refractivity contribution in [2.24, 2.45) is 0 Å². The first kappa shape index (κ1) is 15.4. The summed E-state index contributed by atoms with van der Waals surface area (Å²) in [5.74, 6) is -0.207. The van der Waals surface area contributed by atoms with Crippen LogP contribution in [0.1, 0.15) is 19.4 Å². The Bertz CT molecular complexity index is 681. The molecule has 21 heavy (non-hydrogen) atoms. The van der Waals surface area contributed by atoms with Gasteiger partial charge in [0.05, 0.1) is 10.5 Å². The number of nitrogens with zero attached hydrogens (tertiary/aromatic N) is 1. The number of imide groups is 1. The lowest BCUT2D eigenvalue weighted by Crippen LogP contribution is -2.31. The van der Waals surface area contributed by atoms with Crippen LogP contribution >= 0.6 is 11.6 Å². The number of H-pyrrole nitrogens is 1. The van der Waals surface area contributed by atoms with Gasteiger partial charge in [0.25, 0.3) is 5.91 Å². The number of nitrogens with one attached hydrogen (secondary N) is 2. The van der Waals surface area contributed by atoms with E-state index in [-0.39, 0.29) is 11.9 Å². The smallest absolute Gasteiger partial charge is 0.324 e. The highest BCUT2D eigenvalue weighted by molar-refractivity contribution is 6.35. The highest BCUT2D eigenvalue weighted by atomic mass is 35.5. The summed E-state index contributed by atoms with van der Waals surface area (Å²) in [7, 11) is 1.48. The Morgan fingerprint density at radius 2 is 2.00 bits per heavy atom. The number of aromatic amines is 1. The second kappa shape index (κ2) is 6.18. The molecule has 1 fully saturated rings. The number of rotatable bonds is 2. The van der Waals surface area contributed by atoms with Gasteiger partial charge < -0.3 is 10.3 Å². The van der Waals surface area contributed by atoms with Gasteiger partial charge in [0.15, 0.2) is 0 Å². The maximum absolute atomic E-state index is 11.9. The summed E-state index contributed by atoms with van der Waals surface area (Å²) in [5, 5.41) is 4.28. The summed E-state index contributed by atoms with van der Waals surface area (Å²) in [6.07, 6.45) is 2.28. The van der Waals surface area contributed by atoms with Gasteiger partial charge in [-0.05, 0) is 11.6 Å². The van der Waals surface area contributed by atoms with Gasteiger partial charge in [-0.1, -0.05) is 37.6 Å². The van der Waals surface area contributed by atoms with E-state index < -0.39 is 6.04 Å². The third kappa shape index (κ3) is 2.74. The van der Waals surface area contributed by atoms with E-state index >= 15 is 0 Å². The molecule has 112 valence electrons. The van der Waals surface area contributed by atoms with Crippen molar-refractivity contribution in [3.63, 3.8) is 0 Å².